The van der Waals surface area contributed by atoms with Crippen molar-refractivity contribution in [2.45, 2.75) is 19.9 Å². The summed E-state index contributed by atoms with van der Waals surface area (Å²) >= 11 is 0. The molecule has 0 aliphatic carbocycles. The van der Waals surface area contributed by atoms with Crippen LogP contribution in [0.1, 0.15) is 19.4 Å². The third-order valence-corrected chi connectivity index (χ3v) is 2.91. The summed E-state index contributed by atoms with van der Waals surface area (Å²) in [5.41, 5.74) is 0.805. The van der Waals surface area contributed by atoms with Crippen LogP contribution >= 0.6 is 0 Å². The van der Waals surface area contributed by atoms with E-state index in [1.54, 1.807) is 12.1 Å². The average Bonchev–Trinajstić information content (AvgIpc) is 2.29. The molecule has 0 aliphatic heterocycles. The Kier molecular flexibility index (Phi) is 5.11. The van der Waals surface area contributed by atoms with Crippen molar-refractivity contribution in [1.82, 2.24) is 4.90 Å². The molecule has 0 radical (unpaired) electrons. The first-order valence-corrected chi connectivity index (χ1v) is 6.11. The standard InChI is InChI=1S/C14H20FN3/c1-5-18(11(2)10-17(3)4)14-8-6-7-13(15)12(14)9-16/h6-8,11H,5,10H2,1-4H3. The zero-order chi connectivity index (χ0) is 13.7. The van der Waals surface area contributed by atoms with Crippen molar-refractivity contribution >= 4 is 5.69 Å². The third-order valence-electron chi connectivity index (χ3n) is 2.91. The predicted molar refractivity (Wildman–Crippen MR) is 72.2 cm³/mol. The van der Waals surface area contributed by atoms with Gasteiger partial charge in [-0.3, -0.25) is 0 Å². The molecule has 0 aromatic heterocycles. The Hall–Kier alpha value is -1.60. The van der Waals surface area contributed by atoms with Gasteiger partial charge in [-0.05, 0) is 40.1 Å². The quantitative estimate of drug-likeness (QED) is 0.803. The van der Waals surface area contributed by atoms with E-state index >= 15 is 0 Å². The summed E-state index contributed by atoms with van der Waals surface area (Å²) in [4.78, 5) is 4.14. The molecule has 0 aliphatic rings. The number of benzene rings is 1. The minimum absolute atomic E-state index is 0.130. The number of anilines is 1. The molecular formula is C14H20FN3. The highest BCUT2D eigenvalue weighted by atomic mass is 19.1. The van der Waals surface area contributed by atoms with Crippen molar-refractivity contribution in [3.63, 3.8) is 0 Å². The second-order valence-electron chi connectivity index (χ2n) is 4.64. The van der Waals surface area contributed by atoms with Crippen molar-refractivity contribution in [3.05, 3.63) is 29.6 Å². The normalized spacial score (nSPS) is 12.3. The molecule has 1 unspecified atom stereocenters. The van der Waals surface area contributed by atoms with Crippen LogP contribution in [0.25, 0.3) is 0 Å². The molecule has 0 N–H and O–H groups in total. The maximum atomic E-state index is 13.6. The zero-order valence-electron chi connectivity index (χ0n) is 11.4. The first-order chi connectivity index (χ1) is 8.51. The maximum Gasteiger partial charge on any atom is 0.143 e. The molecule has 0 saturated heterocycles. The van der Waals surface area contributed by atoms with Crippen LogP contribution < -0.4 is 4.90 Å². The van der Waals surface area contributed by atoms with Gasteiger partial charge in [0.1, 0.15) is 17.4 Å². The topological polar surface area (TPSA) is 30.3 Å². The Morgan fingerprint density at radius 2 is 2.06 bits per heavy atom. The van der Waals surface area contributed by atoms with Crippen molar-refractivity contribution in [2.24, 2.45) is 0 Å². The molecule has 1 aromatic carbocycles. The second-order valence-corrected chi connectivity index (χ2v) is 4.64. The summed E-state index contributed by atoms with van der Waals surface area (Å²) in [5, 5.41) is 9.08. The van der Waals surface area contributed by atoms with E-state index in [0.29, 0.717) is 5.69 Å². The van der Waals surface area contributed by atoms with Crippen molar-refractivity contribution in [2.75, 3.05) is 32.1 Å². The highest BCUT2D eigenvalue weighted by Crippen LogP contribution is 2.24. The fourth-order valence-corrected chi connectivity index (χ4v) is 2.21. The monoisotopic (exact) mass is 249 g/mol. The van der Waals surface area contributed by atoms with E-state index in [1.807, 2.05) is 27.1 Å². The van der Waals surface area contributed by atoms with Gasteiger partial charge in [0, 0.05) is 19.1 Å². The number of hydrogen-bond donors (Lipinski definition) is 0. The number of halogens is 1. The van der Waals surface area contributed by atoms with E-state index in [2.05, 4.69) is 16.7 Å². The smallest absolute Gasteiger partial charge is 0.143 e. The molecule has 1 rings (SSSR count). The maximum absolute atomic E-state index is 13.6. The summed E-state index contributed by atoms with van der Waals surface area (Å²) in [7, 11) is 4.00. The summed E-state index contributed by atoms with van der Waals surface area (Å²) in [6.07, 6.45) is 0. The van der Waals surface area contributed by atoms with Crippen LogP contribution in [0.15, 0.2) is 18.2 Å². The van der Waals surface area contributed by atoms with E-state index < -0.39 is 5.82 Å². The molecular weight excluding hydrogens is 229 g/mol. The lowest BCUT2D eigenvalue weighted by molar-refractivity contribution is 0.373. The summed E-state index contributed by atoms with van der Waals surface area (Å²) in [6.45, 7) is 5.69. The van der Waals surface area contributed by atoms with Gasteiger partial charge in [0.2, 0.25) is 0 Å². The van der Waals surface area contributed by atoms with E-state index in [4.69, 9.17) is 5.26 Å². The molecule has 18 heavy (non-hydrogen) atoms. The van der Waals surface area contributed by atoms with Crippen LogP contribution in [-0.4, -0.2) is 38.1 Å². The third kappa shape index (κ3) is 3.21. The Morgan fingerprint density at radius 3 is 2.56 bits per heavy atom. The predicted octanol–water partition coefficient (Wildman–Crippen LogP) is 2.47. The SMILES string of the molecule is CCN(c1cccc(F)c1C#N)C(C)CN(C)C. The van der Waals surface area contributed by atoms with Gasteiger partial charge in [0.05, 0.1) is 5.69 Å². The lowest BCUT2D eigenvalue weighted by atomic mass is 10.1. The lowest BCUT2D eigenvalue weighted by Crippen LogP contribution is -2.40. The molecule has 98 valence electrons. The largest absolute Gasteiger partial charge is 0.367 e. The number of nitrogens with zero attached hydrogens (tertiary/aromatic N) is 3. The fourth-order valence-electron chi connectivity index (χ4n) is 2.21. The van der Waals surface area contributed by atoms with Crippen molar-refractivity contribution in [3.8, 4) is 6.07 Å². The zero-order valence-corrected chi connectivity index (χ0v) is 11.4. The molecule has 1 atom stereocenters. The van der Waals surface area contributed by atoms with E-state index in [1.165, 1.54) is 6.07 Å². The number of rotatable bonds is 5. The molecule has 0 spiro atoms. The molecule has 0 bridgehead atoms. The van der Waals surface area contributed by atoms with Crippen LogP contribution in [0.4, 0.5) is 10.1 Å². The van der Waals surface area contributed by atoms with E-state index in [-0.39, 0.29) is 11.6 Å². The van der Waals surface area contributed by atoms with Crippen LogP contribution in [0.3, 0.4) is 0 Å². The van der Waals surface area contributed by atoms with Crippen LogP contribution in [0.5, 0.6) is 0 Å². The number of hydrogen-bond acceptors (Lipinski definition) is 3. The Morgan fingerprint density at radius 1 is 1.39 bits per heavy atom. The molecule has 3 nitrogen and oxygen atoms in total. The van der Waals surface area contributed by atoms with Gasteiger partial charge in [-0.25, -0.2) is 4.39 Å². The fraction of sp³-hybridized carbons (Fsp3) is 0.500. The molecule has 0 heterocycles. The summed E-state index contributed by atoms with van der Waals surface area (Å²) in [6, 6.07) is 6.96. The summed E-state index contributed by atoms with van der Waals surface area (Å²) < 4.78 is 13.6. The van der Waals surface area contributed by atoms with Crippen molar-refractivity contribution < 1.29 is 4.39 Å². The second kappa shape index (κ2) is 6.36. The van der Waals surface area contributed by atoms with Gasteiger partial charge < -0.3 is 9.80 Å². The molecule has 1 aromatic rings. The van der Waals surface area contributed by atoms with Gasteiger partial charge in [0.15, 0.2) is 0 Å². The van der Waals surface area contributed by atoms with E-state index in [0.717, 1.165) is 13.1 Å². The molecule has 0 fully saturated rings. The minimum Gasteiger partial charge on any atom is -0.367 e. The van der Waals surface area contributed by atoms with Crippen LogP contribution in [0, 0.1) is 17.1 Å². The molecule has 4 heteroatoms. The highest BCUT2D eigenvalue weighted by Gasteiger charge is 2.18. The van der Waals surface area contributed by atoms with Gasteiger partial charge in [0.25, 0.3) is 0 Å². The number of nitriles is 1. The van der Waals surface area contributed by atoms with Gasteiger partial charge in [-0.1, -0.05) is 6.07 Å². The van der Waals surface area contributed by atoms with Crippen LogP contribution in [-0.2, 0) is 0 Å². The van der Waals surface area contributed by atoms with Gasteiger partial charge in [-0.2, -0.15) is 5.26 Å². The van der Waals surface area contributed by atoms with Gasteiger partial charge in [-0.15, -0.1) is 0 Å². The summed E-state index contributed by atoms with van der Waals surface area (Å²) in [5.74, 6) is -0.453. The number of likely N-dealkylation sites (N-methyl/N-ethyl adjacent to an activating group) is 2. The Bertz CT molecular complexity index is 437. The lowest BCUT2D eigenvalue weighted by Gasteiger charge is -2.32. The average molecular weight is 249 g/mol. The Labute approximate surface area is 108 Å². The minimum atomic E-state index is -0.453. The Balaban J connectivity index is 3.10. The molecule has 0 saturated carbocycles. The first kappa shape index (κ1) is 14.5. The first-order valence-electron chi connectivity index (χ1n) is 6.11. The van der Waals surface area contributed by atoms with Gasteiger partial charge >= 0.3 is 0 Å². The highest BCUT2D eigenvalue weighted by molar-refractivity contribution is 5.60. The van der Waals surface area contributed by atoms with Crippen LogP contribution in [0.2, 0.25) is 0 Å². The molecule has 0 amide bonds. The van der Waals surface area contributed by atoms with Crippen molar-refractivity contribution in [1.29, 1.82) is 5.26 Å². The van der Waals surface area contributed by atoms with E-state index in [9.17, 15) is 4.39 Å².